The van der Waals surface area contributed by atoms with Crippen molar-refractivity contribution >= 4 is 17.5 Å². The SMILES string of the molecule is COc1ccc(C(NC(=O)c2ccc(CC#N)nc2)C(=O)Nc2ccc(C(C)(C)C)cc2)cc1. The summed E-state index contributed by atoms with van der Waals surface area (Å²) in [5.74, 6) is -0.185. The van der Waals surface area contributed by atoms with E-state index in [9.17, 15) is 9.59 Å². The van der Waals surface area contributed by atoms with Crippen LogP contribution in [0.25, 0.3) is 0 Å². The number of rotatable bonds is 7. The van der Waals surface area contributed by atoms with Crippen LogP contribution in [0.1, 0.15) is 54.0 Å². The molecule has 0 saturated carbocycles. The molecule has 2 amide bonds. The third-order valence-electron chi connectivity index (χ3n) is 5.35. The molecule has 0 aliphatic heterocycles. The van der Waals surface area contributed by atoms with Gasteiger partial charge in [-0.25, -0.2) is 0 Å². The zero-order valence-corrected chi connectivity index (χ0v) is 19.8. The van der Waals surface area contributed by atoms with Crippen molar-refractivity contribution in [2.45, 2.75) is 38.6 Å². The van der Waals surface area contributed by atoms with Crippen LogP contribution in [0.4, 0.5) is 5.69 Å². The molecule has 0 spiro atoms. The summed E-state index contributed by atoms with van der Waals surface area (Å²) in [7, 11) is 1.56. The number of methoxy groups -OCH3 is 1. The van der Waals surface area contributed by atoms with E-state index in [0.29, 0.717) is 28.3 Å². The number of hydrogen-bond acceptors (Lipinski definition) is 5. The summed E-state index contributed by atoms with van der Waals surface area (Å²) in [6.45, 7) is 6.37. The number of carbonyl (C=O) groups is 2. The Balaban J connectivity index is 1.83. The minimum atomic E-state index is -0.945. The molecule has 1 atom stereocenters. The van der Waals surface area contributed by atoms with Crippen molar-refractivity contribution < 1.29 is 14.3 Å². The van der Waals surface area contributed by atoms with Crippen molar-refractivity contribution in [1.82, 2.24) is 10.3 Å². The first-order chi connectivity index (χ1) is 16.2. The first-order valence-corrected chi connectivity index (χ1v) is 10.9. The summed E-state index contributed by atoms with van der Waals surface area (Å²) in [5, 5.41) is 14.5. The Labute approximate surface area is 199 Å². The van der Waals surface area contributed by atoms with Crippen LogP contribution in [-0.4, -0.2) is 23.9 Å². The van der Waals surface area contributed by atoms with E-state index in [0.717, 1.165) is 5.56 Å². The van der Waals surface area contributed by atoms with Gasteiger partial charge in [-0.05, 0) is 52.9 Å². The van der Waals surface area contributed by atoms with Gasteiger partial charge in [-0.3, -0.25) is 14.6 Å². The topological polar surface area (TPSA) is 104 Å². The molecule has 2 N–H and O–H groups in total. The van der Waals surface area contributed by atoms with Crippen molar-refractivity contribution in [1.29, 1.82) is 5.26 Å². The maximum atomic E-state index is 13.2. The lowest BCUT2D eigenvalue weighted by Crippen LogP contribution is -2.37. The number of nitrogens with zero attached hydrogens (tertiary/aromatic N) is 2. The fourth-order valence-corrected chi connectivity index (χ4v) is 3.32. The number of carbonyl (C=O) groups excluding carboxylic acids is 2. The van der Waals surface area contributed by atoms with Crippen LogP contribution in [0.3, 0.4) is 0 Å². The molecule has 3 rings (SSSR count). The molecular weight excluding hydrogens is 428 g/mol. The van der Waals surface area contributed by atoms with E-state index in [4.69, 9.17) is 10.00 Å². The Hall–Kier alpha value is -4.18. The van der Waals surface area contributed by atoms with E-state index in [1.807, 2.05) is 30.3 Å². The molecule has 0 fully saturated rings. The molecule has 174 valence electrons. The van der Waals surface area contributed by atoms with E-state index < -0.39 is 11.9 Å². The van der Waals surface area contributed by atoms with Gasteiger partial charge in [0.2, 0.25) is 0 Å². The fraction of sp³-hybridized carbons (Fsp3) is 0.259. The number of nitrogens with one attached hydrogen (secondary N) is 2. The summed E-state index contributed by atoms with van der Waals surface area (Å²) < 4.78 is 5.21. The highest BCUT2D eigenvalue weighted by atomic mass is 16.5. The van der Waals surface area contributed by atoms with Gasteiger partial charge in [0.05, 0.1) is 30.9 Å². The van der Waals surface area contributed by atoms with Crippen molar-refractivity contribution in [2.24, 2.45) is 0 Å². The summed E-state index contributed by atoms with van der Waals surface area (Å²) in [4.78, 5) is 30.3. The van der Waals surface area contributed by atoms with Gasteiger partial charge in [0.1, 0.15) is 11.8 Å². The van der Waals surface area contributed by atoms with Gasteiger partial charge < -0.3 is 15.4 Å². The lowest BCUT2D eigenvalue weighted by Gasteiger charge is -2.21. The maximum absolute atomic E-state index is 13.2. The zero-order valence-electron chi connectivity index (χ0n) is 19.8. The number of pyridine rings is 1. The van der Waals surface area contributed by atoms with Crippen LogP contribution < -0.4 is 15.4 Å². The van der Waals surface area contributed by atoms with Gasteiger partial charge in [0.15, 0.2) is 0 Å². The first-order valence-electron chi connectivity index (χ1n) is 10.9. The highest BCUT2D eigenvalue weighted by Crippen LogP contribution is 2.25. The van der Waals surface area contributed by atoms with E-state index in [1.165, 1.54) is 6.20 Å². The first kappa shape index (κ1) is 24.5. The summed E-state index contributed by atoms with van der Waals surface area (Å²) in [6, 6.07) is 18.9. The van der Waals surface area contributed by atoms with Gasteiger partial charge in [0.25, 0.3) is 11.8 Å². The van der Waals surface area contributed by atoms with Crippen molar-refractivity contribution in [2.75, 3.05) is 12.4 Å². The molecule has 0 aliphatic rings. The minimum Gasteiger partial charge on any atom is -0.497 e. The smallest absolute Gasteiger partial charge is 0.253 e. The molecule has 0 saturated heterocycles. The number of benzene rings is 2. The van der Waals surface area contributed by atoms with Crippen molar-refractivity contribution in [3.8, 4) is 11.8 Å². The molecule has 1 heterocycles. The predicted octanol–water partition coefficient (Wildman–Crippen LogP) is 4.56. The quantitative estimate of drug-likeness (QED) is 0.542. The van der Waals surface area contributed by atoms with Crippen molar-refractivity contribution in [3.05, 3.63) is 89.2 Å². The van der Waals surface area contributed by atoms with Crippen LogP contribution in [0.2, 0.25) is 0 Å². The second-order valence-corrected chi connectivity index (χ2v) is 8.87. The number of aromatic nitrogens is 1. The molecule has 7 heteroatoms. The average molecular weight is 457 g/mol. The van der Waals surface area contributed by atoms with E-state index in [1.54, 1.807) is 43.5 Å². The third-order valence-corrected chi connectivity index (χ3v) is 5.35. The molecule has 0 bridgehead atoms. The summed E-state index contributed by atoms with van der Waals surface area (Å²) >= 11 is 0. The Morgan fingerprint density at radius 1 is 1.03 bits per heavy atom. The Kier molecular flexibility index (Phi) is 7.64. The lowest BCUT2D eigenvalue weighted by molar-refractivity contribution is -0.118. The largest absolute Gasteiger partial charge is 0.497 e. The van der Waals surface area contributed by atoms with E-state index in [-0.39, 0.29) is 17.7 Å². The van der Waals surface area contributed by atoms with E-state index >= 15 is 0 Å². The minimum absolute atomic E-state index is 0.00102. The molecule has 0 radical (unpaired) electrons. The molecule has 34 heavy (non-hydrogen) atoms. The van der Waals surface area contributed by atoms with Crippen LogP contribution >= 0.6 is 0 Å². The molecule has 7 nitrogen and oxygen atoms in total. The monoisotopic (exact) mass is 456 g/mol. The standard InChI is InChI=1S/C27H28N4O3/c1-27(2,3)20-8-11-22(12-9-20)30-26(33)24(18-6-13-23(34-4)14-7-18)31-25(32)19-5-10-21(15-16-28)29-17-19/h5-14,17,24H,15H2,1-4H3,(H,30,33)(H,31,32). The predicted molar refractivity (Wildman–Crippen MR) is 131 cm³/mol. The van der Waals surface area contributed by atoms with Crippen molar-refractivity contribution in [3.63, 3.8) is 0 Å². The number of ether oxygens (including phenoxy) is 1. The van der Waals surface area contributed by atoms with Crippen LogP contribution in [0, 0.1) is 11.3 Å². The number of anilines is 1. The van der Waals surface area contributed by atoms with Gasteiger partial charge in [-0.1, -0.05) is 45.0 Å². The van der Waals surface area contributed by atoms with Crippen LogP contribution in [0.5, 0.6) is 5.75 Å². The van der Waals surface area contributed by atoms with Gasteiger partial charge in [0, 0.05) is 11.9 Å². The number of amides is 2. The second kappa shape index (κ2) is 10.6. The zero-order chi connectivity index (χ0) is 24.7. The number of hydrogen-bond donors (Lipinski definition) is 2. The second-order valence-electron chi connectivity index (χ2n) is 8.87. The molecular formula is C27H28N4O3. The third kappa shape index (κ3) is 6.20. The lowest BCUT2D eigenvalue weighted by atomic mass is 9.87. The highest BCUT2D eigenvalue weighted by Gasteiger charge is 2.24. The molecule has 1 aromatic heterocycles. The van der Waals surface area contributed by atoms with Gasteiger partial charge in [-0.2, -0.15) is 5.26 Å². The highest BCUT2D eigenvalue weighted by molar-refractivity contribution is 6.01. The van der Waals surface area contributed by atoms with Crippen LogP contribution in [-0.2, 0) is 16.6 Å². The van der Waals surface area contributed by atoms with Gasteiger partial charge in [-0.15, -0.1) is 0 Å². The summed E-state index contributed by atoms with van der Waals surface area (Å²) in [6.07, 6.45) is 1.56. The molecule has 1 unspecified atom stereocenters. The fourth-order valence-electron chi connectivity index (χ4n) is 3.32. The Bertz CT molecular complexity index is 1170. The summed E-state index contributed by atoms with van der Waals surface area (Å²) in [5.41, 5.74) is 3.25. The number of nitriles is 1. The average Bonchev–Trinajstić information content (AvgIpc) is 2.83. The Morgan fingerprint density at radius 3 is 2.24 bits per heavy atom. The Morgan fingerprint density at radius 2 is 1.71 bits per heavy atom. The maximum Gasteiger partial charge on any atom is 0.253 e. The van der Waals surface area contributed by atoms with E-state index in [2.05, 4.69) is 36.4 Å². The normalized spacial score (nSPS) is 11.7. The van der Waals surface area contributed by atoms with Gasteiger partial charge >= 0.3 is 0 Å². The molecule has 0 aliphatic carbocycles. The van der Waals surface area contributed by atoms with Crippen LogP contribution in [0.15, 0.2) is 66.9 Å². The molecule has 3 aromatic rings. The molecule has 2 aromatic carbocycles.